The second-order valence-corrected chi connectivity index (χ2v) is 5.85. The normalized spacial score (nSPS) is 11.4. The van der Waals surface area contributed by atoms with Gasteiger partial charge < -0.3 is 9.57 Å². The zero-order valence-electron chi connectivity index (χ0n) is 13.4. The first kappa shape index (κ1) is 16.0. The predicted octanol–water partition coefficient (Wildman–Crippen LogP) is 3.12. The number of oxime groups is 1. The molecule has 0 N–H and O–H groups in total. The van der Waals surface area contributed by atoms with Crippen LogP contribution in [-0.4, -0.2) is 32.8 Å². The fourth-order valence-corrected chi connectivity index (χ4v) is 2.95. The molecule has 3 rings (SSSR count). The van der Waals surface area contributed by atoms with Gasteiger partial charge in [-0.05, 0) is 26.0 Å². The average Bonchev–Trinajstić information content (AvgIpc) is 3.03. The minimum absolute atomic E-state index is 0.157. The number of aryl methyl sites for hydroxylation is 1. The summed E-state index contributed by atoms with van der Waals surface area (Å²) in [6, 6.07) is 4.02. The Morgan fingerprint density at radius 2 is 2.00 bits per heavy atom. The smallest absolute Gasteiger partial charge is 0.345 e. The van der Waals surface area contributed by atoms with E-state index in [0.29, 0.717) is 11.5 Å². The molecular weight excluding hydrogens is 326 g/mol. The molecule has 122 valence electrons. The summed E-state index contributed by atoms with van der Waals surface area (Å²) < 4.78 is 5.00. The van der Waals surface area contributed by atoms with E-state index in [1.165, 1.54) is 23.7 Å². The molecule has 7 nitrogen and oxygen atoms in total. The van der Waals surface area contributed by atoms with Crippen LogP contribution in [0.4, 0.5) is 0 Å². The Labute approximate surface area is 143 Å². The van der Waals surface area contributed by atoms with Crippen LogP contribution in [0.5, 0.6) is 11.8 Å². The highest BCUT2D eigenvalue weighted by Gasteiger charge is 2.12. The molecule has 0 saturated heterocycles. The lowest BCUT2D eigenvalue weighted by Gasteiger charge is -2.00. The van der Waals surface area contributed by atoms with Gasteiger partial charge in [-0.25, -0.2) is 4.98 Å². The Kier molecular flexibility index (Phi) is 4.76. The zero-order valence-corrected chi connectivity index (χ0v) is 14.2. The van der Waals surface area contributed by atoms with Gasteiger partial charge in [0.05, 0.1) is 35.8 Å². The molecule has 3 aromatic heterocycles. The fraction of sp³-hybridized carbons (Fsp3) is 0.188. The Morgan fingerprint density at radius 1 is 1.21 bits per heavy atom. The molecule has 0 saturated carbocycles. The molecule has 0 spiro atoms. The number of thiazole rings is 1. The van der Waals surface area contributed by atoms with Gasteiger partial charge in [0.25, 0.3) is 0 Å². The number of methoxy groups -OCH3 is 1. The molecule has 0 aliphatic heterocycles. The molecule has 0 aliphatic rings. The van der Waals surface area contributed by atoms with E-state index in [0.717, 1.165) is 21.1 Å². The summed E-state index contributed by atoms with van der Waals surface area (Å²) in [5.74, 6) is 0.558. The first-order chi connectivity index (χ1) is 11.7. The van der Waals surface area contributed by atoms with Gasteiger partial charge in [0.1, 0.15) is 5.01 Å². The second kappa shape index (κ2) is 7.14. The molecule has 0 radical (unpaired) electrons. The van der Waals surface area contributed by atoms with Crippen LogP contribution in [0.15, 0.2) is 42.1 Å². The van der Waals surface area contributed by atoms with E-state index in [1.54, 1.807) is 19.5 Å². The molecule has 8 heteroatoms. The van der Waals surface area contributed by atoms with E-state index in [4.69, 9.17) is 9.57 Å². The van der Waals surface area contributed by atoms with E-state index in [-0.39, 0.29) is 6.01 Å². The molecular formula is C16H15N5O2S. The first-order valence-electron chi connectivity index (χ1n) is 7.13. The van der Waals surface area contributed by atoms with Gasteiger partial charge >= 0.3 is 6.01 Å². The number of rotatable bonds is 5. The van der Waals surface area contributed by atoms with Gasteiger partial charge in [-0.2, -0.15) is 9.97 Å². The van der Waals surface area contributed by atoms with Crippen LogP contribution in [-0.2, 0) is 0 Å². The van der Waals surface area contributed by atoms with Gasteiger partial charge in [-0.15, -0.1) is 11.3 Å². The van der Waals surface area contributed by atoms with E-state index >= 15 is 0 Å². The predicted molar refractivity (Wildman–Crippen MR) is 91.5 cm³/mol. The number of pyridine rings is 1. The van der Waals surface area contributed by atoms with Crippen LogP contribution in [0.2, 0.25) is 0 Å². The maximum atomic E-state index is 5.27. The van der Waals surface area contributed by atoms with E-state index < -0.39 is 0 Å². The van der Waals surface area contributed by atoms with Gasteiger partial charge in [0.15, 0.2) is 5.75 Å². The summed E-state index contributed by atoms with van der Waals surface area (Å²) in [7, 11) is 1.55. The molecule has 0 fully saturated rings. The summed E-state index contributed by atoms with van der Waals surface area (Å²) in [6.07, 6.45) is 6.56. The Balaban J connectivity index is 1.79. The van der Waals surface area contributed by atoms with Crippen LogP contribution in [0.1, 0.15) is 17.5 Å². The van der Waals surface area contributed by atoms with Gasteiger partial charge in [-0.3, -0.25) is 4.98 Å². The molecule has 0 aliphatic carbocycles. The van der Waals surface area contributed by atoms with Crippen molar-refractivity contribution in [2.24, 2.45) is 5.16 Å². The topological polar surface area (TPSA) is 82.4 Å². The van der Waals surface area contributed by atoms with Crippen molar-refractivity contribution in [2.75, 3.05) is 7.11 Å². The van der Waals surface area contributed by atoms with Crippen LogP contribution in [0.25, 0.3) is 10.6 Å². The van der Waals surface area contributed by atoms with Crippen LogP contribution >= 0.6 is 11.3 Å². The number of hydrogen-bond donors (Lipinski definition) is 0. The molecule has 0 unspecified atom stereocenters. The Morgan fingerprint density at radius 3 is 2.67 bits per heavy atom. The second-order valence-electron chi connectivity index (χ2n) is 4.85. The number of nitrogens with zero attached hydrogens (tertiary/aromatic N) is 5. The summed E-state index contributed by atoms with van der Waals surface area (Å²) in [5, 5.41) is 4.99. The highest BCUT2D eigenvalue weighted by atomic mass is 32.1. The van der Waals surface area contributed by atoms with E-state index in [9.17, 15) is 0 Å². The van der Waals surface area contributed by atoms with Gasteiger partial charge in [0, 0.05) is 18.0 Å². The van der Waals surface area contributed by atoms with Crippen molar-refractivity contribution in [3.63, 3.8) is 0 Å². The summed E-state index contributed by atoms with van der Waals surface area (Å²) >= 11 is 1.54. The Bertz CT molecular complexity index is 847. The summed E-state index contributed by atoms with van der Waals surface area (Å²) in [4.78, 5) is 22.9. The Hall–Kier alpha value is -2.87. The van der Waals surface area contributed by atoms with Crippen molar-refractivity contribution in [3.05, 3.63) is 47.5 Å². The largest absolute Gasteiger partial charge is 0.494 e. The molecule has 0 bridgehead atoms. The van der Waals surface area contributed by atoms with Crippen molar-refractivity contribution in [2.45, 2.75) is 13.8 Å². The standard InChI is InChI=1S/C16H15N5O2S/c1-10-14(24-15(20-10)12-5-4-6-17-7-12)11(2)21-23-16-18-8-13(22-3)9-19-16/h4-9H,1-3H3. The lowest BCUT2D eigenvalue weighted by molar-refractivity contribution is 0.309. The zero-order chi connectivity index (χ0) is 16.9. The third kappa shape index (κ3) is 3.54. The highest BCUT2D eigenvalue weighted by molar-refractivity contribution is 7.17. The lowest BCUT2D eigenvalue weighted by Crippen LogP contribution is -1.99. The monoisotopic (exact) mass is 341 g/mol. The number of ether oxygens (including phenoxy) is 1. The lowest BCUT2D eigenvalue weighted by atomic mass is 10.3. The van der Waals surface area contributed by atoms with Crippen molar-refractivity contribution < 1.29 is 9.57 Å². The molecule has 3 heterocycles. The minimum Gasteiger partial charge on any atom is -0.494 e. The molecule has 0 amide bonds. The molecule has 0 aromatic carbocycles. The highest BCUT2D eigenvalue weighted by Crippen LogP contribution is 2.27. The molecule has 0 atom stereocenters. The first-order valence-corrected chi connectivity index (χ1v) is 7.95. The van der Waals surface area contributed by atoms with Crippen molar-refractivity contribution in [3.8, 4) is 22.3 Å². The van der Waals surface area contributed by atoms with Gasteiger partial charge in [-0.1, -0.05) is 5.16 Å². The van der Waals surface area contributed by atoms with Crippen LogP contribution in [0.3, 0.4) is 0 Å². The minimum atomic E-state index is 0.157. The maximum absolute atomic E-state index is 5.27. The van der Waals surface area contributed by atoms with E-state index in [1.807, 2.05) is 26.0 Å². The summed E-state index contributed by atoms with van der Waals surface area (Å²) in [5.41, 5.74) is 2.57. The van der Waals surface area contributed by atoms with Crippen LogP contribution < -0.4 is 9.57 Å². The summed E-state index contributed by atoms with van der Waals surface area (Å²) in [6.45, 7) is 3.80. The average molecular weight is 341 g/mol. The maximum Gasteiger partial charge on any atom is 0.345 e. The number of hydrogen-bond acceptors (Lipinski definition) is 8. The van der Waals surface area contributed by atoms with Crippen molar-refractivity contribution >= 4 is 17.0 Å². The third-order valence-electron chi connectivity index (χ3n) is 3.14. The van der Waals surface area contributed by atoms with Gasteiger partial charge in [0.2, 0.25) is 0 Å². The van der Waals surface area contributed by atoms with Crippen molar-refractivity contribution in [1.29, 1.82) is 0 Å². The number of aromatic nitrogens is 4. The quantitative estimate of drug-likeness (QED) is 0.524. The van der Waals surface area contributed by atoms with E-state index in [2.05, 4.69) is 25.1 Å². The van der Waals surface area contributed by atoms with Crippen molar-refractivity contribution in [1.82, 2.24) is 19.9 Å². The molecule has 24 heavy (non-hydrogen) atoms. The molecule has 3 aromatic rings. The fourth-order valence-electron chi connectivity index (χ4n) is 1.95. The SMILES string of the molecule is COc1cnc(ON=C(C)c2sc(-c3cccnc3)nc2C)nc1. The van der Waals surface area contributed by atoms with Crippen LogP contribution in [0, 0.1) is 6.92 Å². The third-order valence-corrected chi connectivity index (χ3v) is 4.45.